The van der Waals surface area contributed by atoms with E-state index >= 15 is 0 Å². The highest BCUT2D eigenvalue weighted by Gasteiger charge is 2.03. The summed E-state index contributed by atoms with van der Waals surface area (Å²) < 4.78 is 5.55. The van der Waals surface area contributed by atoms with E-state index in [9.17, 15) is 0 Å². The molecule has 0 bridgehead atoms. The van der Waals surface area contributed by atoms with Crippen molar-refractivity contribution in [1.82, 2.24) is 4.98 Å². The molecule has 2 rings (SSSR count). The SMILES string of the molecule is CCc1ncc(-c2ccc(C)cc2)o1. The Bertz CT molecular complexity index is 414. The van der Waals surface area contributed by atoms with Gasteiger partial charge in [-0.05, 0) is 6.92 Å². The number of benzene rings is 1. The molecule has 0 unspecified atom stereocenters. The van der Waals surface area contributed by atoms with Gasteiger partial charge < -0.3 is 4.42 Å². The molecule has 0 aliphatic heterocycles. The predicted octanol–water partition coefficient (Wildman–Crippen LogP) is 3.21. The summed E-state index contributed by atoms with van der Waals surface area (Å²) in [5, 5.41) is 0. The van der Waals surface area contributed by atoms with E-state index in [1.165, 1.54) is 5.56 Å². The average molecular weight is 187 g/mol. The molecule has 2 aromatic rings. The Balaban J connectivity index is 2.34. The summed E-state index contributed by atoms with van der Waals surface area (Å²) in [7, 11) is 0. The Morgan fingerprint density at radius 3 is 2.50 bits per heavy atom. The number of rotatable bonds is 2. The molecule has 72 valence electrons. The zero-order valence-corrected chi connectivity index (χ0v) is 8.45. The van der Waals surface area contributed by atoms with E-state index in [1.807, 2.05) is 6.92 Å². The lowest BCUT2D eigenvalue weighted by molar-refractivity contribution is 0.514. The summed E-state index contributed by atoms with van der Waals surface area (Å²) in [4.78, 5) is 4.17. The largest absolute Gasteiger partial charge is 0.441 e. The van der Waals surface area contributed by atoms with Crippen LogP contribution in [0.15, 0.2) is 34.9 Å². The Morgan fingerprint density at radius 1 is 1.21 bits per heavy atom. The lowest BCUT2D eigenvalue weighted by Crippen LogP contribution is -1.75. The van der Waals surface area contributed by atoms with Crippen molar-refractivity contribution in [2.45, 2.75) is 20.3 Å². The van der Waals surface area contributed by atoms with Crippen molar-refractivity contribution >= 4 is 0 Å². The van der Waals surface area contributed by atoms with E-state index in [-0.39, 0.29) is 0 Å². The molecule has 0 fully saturated rings. The molecular formula is C12H13NO. The zero-order valence-electron chi connectivity index (χ0n) is 8.45. The summed E-state index contributed by atoms with van der Waals surface area (Å²) in [6.45, 7) is 4.10. The summed E-state index contributed by atoms with van der Waals surface area (Å²) in [5.41, 5.74) is 2.34. The van der Waals surface area contributed by atoms with Crippen LogP contribution in [0.2, 0.25) is 0 Å². The van der Waals surface area contributed by atoms with E-state index in [1.54, 1.807) is 6.20 Å². The van der Waals surface area contributed by atoms with E-state index in [2.05, 4.69) is 36.2 Å². The van der Waals surface area contributed by atoms with Gasteiger partial charge in [0.15, 0.2) is 11.7 Å². The minimum atomic E-state index is 0.792. The summed E-state index contributed by atoms with van der Waals surface area (Å²) >= 11 is 0. The van der Waals surface area contributed by atoms with Gasteiger partial charge in [-0.3, -0.25) is 0 Å². The number of hydrogen-bond acceptors (Lipinski definition) is 2. The monoisotopic (exact) mass is 187 g/mol. The fourth-order valence-corrected chi connectivity index (χ4v) is 1.32. The maximum atomic E-state index is 5.55. The topological polar surface area (TPSA) is 26.0 Å². The Labute approximate surface area is 83.6 Å². The molecule has 0 atom stereocenters. The normalized spacial score (nSPS) is 10.4. The average Bonchev–Trinajstić information content (AvgIpc) is 2.67. The molecule has 1 heterocycles. The van der Waals surface area contributed by atoms with Gasteiger partial charge >= 0.3 is 0 Å². The van der Waals surface area contributed by atoms with E-state index in [4.69, 9.17) is 4.42 Å². The van der Waals surface area contributed by atoms with Gasteiger partial charge in [0.1, 0.15) is 0 Å². The number of hydrogen-bond donors (Lipinski definition) is 0. The fourth-order valence-electron chi connectivity index (χ4n) is 1.32. The molecule has 0 saturated heterocycles. The van der Waals surface area contributed by atoms with Crippen LogP contribution in [0.25, 0.3) is 11.3 Å². The van der Waals surface area contributed by atoms with Crippen LogP contribution in [0.5, 0.6) is 0 Å². The standard InChI is InChI=1S/C12H13NO/c1-3-12-13-8-11(14-12)10-6-4-9(2)5-7-10/h4-8H,3H2,1-2H3. The maximum Gasteiger partial charge on any atom is 0.194 e. The summed E-state index contributed by atoms with van der Waals surface area (Å²) in [6, 6.07) is 8.25. The molecule has 1 aromatic heterocycles. The predicted molar refractivity (Wildman–Crippen MR) is 56.1 cm³/mol. The van der Waals surface area contributed by atoms with Crippen molar-refractivity contribution in [1.29, 1.82) is 0 Å². The number of oxazole rings is 1. The van der Waals surface area contributed by atoms with Crippen LogP contribution >= 0.6 is 0 Å². The first-order chi connectivity index (χ1) is 6.79. The second kappa shape index (κ2) is 3.66. The Hall–Kier alpha value is -1.57. The minimum Gasteiger partial charge on any atom is -0.441 e. The molecule has 2 heteroatoms. The van der Waals surface area contributed by atoms with Crippen molar-refractivity contribution in [3.63, 3.8) is 0 Å². The van der Waals surface area contributed by atoms with Crippen molar-refractivity contribution in [3.8, 4) is 11.3 Å². The second-order valence-corrected chi connectivity index (χ2v) is 3.34. The van der Waals surface area contributed by atoms with Crippen molar-refractivity contribution in [2.75, 3.05) is 0 Å². The molecule has 0 N–H and O–H groups in total. The van der Waals surface area contributed by atoms with Gasteiger partial charge in [0.2, 0.25) is 0 Å². The van der Waals surface area contributed by atoms with E-state index in [0.29, 0.717) is 0 Å². The highest BCUT2D eigenvalue weighted by Crippen LogP contribution is 2.20. The van der Waals surface area contributed by atoms with Crippen LogP contribution in [0.3, 0.4) is 0 Å². The molecule has 0 saturated carbocycles. The number of aromatic nitrogens is 1. The Kier molecular flexibility index (Phi) is 2.35. The highest BCUT2D eigenvalue weighted by atomic mass is 16.4. The van der Waals surface area contributed by atoms with Crippen LogP contribution in [0.1, 0.15) is 18.4 Å². The van der Waals surface area contributed by atoms with Gasteiger partial charge in [-0.2, -0.15) is 0 Å². The third kappa shape index (κ3) is 1.69. The lowest BCUT2D eigenvalue weighted by Gasteiger charge is -1.96. The number of nitrogens with zero attached hydrogens (tertiary/aromatic N) is 1. The first kappa shape index (κ1) is 9.00. The van der Waals surface area contributed by atoms with Crippen molar-refractivity contribution < 1.29 is 4.42 Å². The van der Waals surface area contributed by atoms with E-state index < -0.39 is 0 Å². The fraction of sp³-hybridized carbons (Fsp3) is 0.250. The van der Waals surface area contributed by atoms with E-state index in [0.717, 1.165) is 23.6 Å². The van der Waals surface area contributed by atoms with Crippen LogP contribution in [-0.2, 0) is 6.42 Å². The van der Waals surface area contributed by atoms with Gasteiger partial charge in [-0.15, -0.1) is 0 Å². The smallest absolute Gasteiger partial charge is 0.194 e. The first-order valence-corrected chi connectivity index (χ1v) is 4.81. The molecular weight excluding hydrogens is 174 g/mol. The van der Waals surface area contributed by atoms with Crippen LogP contribution in [0.4, 0.5) is 0 Å². The molecule has 0 spiro atoms. The van der Waals surface area contributed by atoms with Gasteiger partial charge in [0, 0.05) is 12.0 Å². The van der Waals surface area contributed by atoms with Gasteiger partial charge in [-0.25, -0.2) is 4.98 Å². The molecule has 0 aliphatic carbocycles. The lowest BCUT2D eigenvalue weighted by atomic mass is 10.1. The van der Waals surface area contributed by atoms with Crippen molar-refractivity contribution in [3.05, 3.63) is 41.9 Å². The van der Waals surface area contributed by atoms with Crippen LogP contribution in [0, 0.1) is 6.92 Å². The van der Waals surface area contributed by atoms with Gasteiger partial charge in [-0.1, -0.05) is 36.8 Å². The minimum absolute atomic E-state index is 0.792. The van der Waals surface area contributed by atoms with Crippen molar-refractivity contribution in [2.24, 2.45) is 0 Å². The first-order valence-electron chi connectivity index (χ1n) is 4.81. The van der Waals surface area contributed by atoms with Crippen LogP contribution in [-0.4, -0.2) is 4.98 Å². The molecule has 1 aromatic carbocycles. The molecule has 0 amide bonds. The quantitative estimate of drug-likeness (QED) is 0.721. The highest BCUT2D eigenvalue weighted by molar-refractivity contribution is 5.56. The molecule has 0 radical (unpaired) electrons. The summed E-state index contributed by atoms with van der Waals surface area (Å²) in [6.07, 6.45) is 2.62. The zero-order chi connectivity index (χ0) is 9.97. The third-order valence-corrected chi connectivity index (χ3v) is 2.19. The molecule has 2 nitrogen and oxygen atoms in total. The molecule has 0 aliphatic rings. The molecule has 14 heavy (non-hydrogen) atoms. The maximum absolute atomic E-state index is 5.55. The Morgan fingerprint density at radius 2 is 1.93 bits per heavy atom. The van der Waals surface area contributed by atoms with Gasteiger partial charge in [0.05, 0.1) is 6.20 Å². The van der Waals surface area contributed by atoms with Gasteiger partial charge in [0.25, 0.3) is 0 Å². The second-order valence-electron chi connectivity index (χ2n) is 3.34. The van der Waals surface area contributed by atoms with Crippen LogP contribution < -0.4 is 0 Å². The summed E-state index contributed by atoms with van der Waals surface area (Å²) in [5.74, 6) is 1.64. The number of aryl methyl sites for hydroxylation is 2. The third-order valence-electron chi connectivity index (χ3n) is 2.19.